The van der Waals surface area contributed by atoms with Gasteiger partial charge in [0.2, 0.25) is 0 Å². The van der Waals surface area contributed by atoms with Crippen LogP contribution < -0.4 is 5.32 Å². The molecule has 0 saturated heterocycles. The number of benzene rings is 1. The average molecular weight is 215 g/mol. The largest absolute Gasteiger partial charge is 0.384 e. The SMILES string of the molecule is CCNc1c(C#N)cnc2ccc(F)cc12. The Balaban J connectivity index is 2.77. The lowest BCUT2D eigenvalue weighted by Crippen LogP contribution is -2.01. The Bertz CT molecular complexity index is 572. The van der Waals surface area contributed by atoms with Crippen LogP contribution in [-0.4, -0.2) is 11.5 Å². The molecule has 0 saturated carbocycles. The molecule has 2 rings (SSSR count). The van der Waals surface area contributed by atoms with Crippen molar-refractivity contribution in [3.8, 4) is 6.07 Å². The second-order valence-electron chi connectivity index (χ2n) is 3.35. The second-order valence-corrected chi connectivity index (χ2v) is 3.35. The predicted octanol–water partition coefficient (Wildman–Crippen LogP) is 2.68. The number of rotatable bonds is 2. The first-order valence-corrected chi connectivity index (χ1v) is 4.98. The van der Waals surface area contributed by atoms with Crippen LogP contribution in [-0.2, 0) is 0 Å². The summed E-state index contributed by atoms with van der Waals surface area (Å²) in [7, 11) is 0. The van der Waals surface area contributed by atoms with Crippen molar-refractivity contribution >= 4 is 16.6 Å². The minimum atomic E-state index is -0.330. The third-order valence-electron chi connectivity index (χ3n) is 2.30. The summed E-state index contributed by atoms with van der Waals surface area (Å²) >= 11 is 0. The fraction of sp³-hybridized carbons (Fsp3) is 0.167. The van der Waals surface area contributed by atoms with Crippen LogP contribution in [0.3, 0.4) is 0 Å². The number of hydrogen-bond acceptors (Lipinski definition) is 3. The van der Waals surface area contributed by atoms with E-state index in [1.165, 1.54) is 18.3 Å². The Labute approximate surface area is 92.5 Å². The third kappa shape index (κ3) is 1.68. The lowest BCUT2D eigenvalue weighted by Gasteiger charge is -2.09. The van der Waals surface area contributed by atoms with Gasteiger partial charge in [0.1, 0.15) is 11.9 Å². The summed E-state index contributed by atoms with van der Waals surface area (Å²) in [5.41, 5.74) is 1.76. The summed E-state index contributed by atoms with van der Waals surface area (Å²) in [6.45, 7) is 2.59. The van der Waals surface area contributed by atoms with E-state index in [0.29, 0.717) is 28.7 Å². The molecule has 0 unspecified atom stereocenters. The Kier molecular flexibility index (Phi) is 2.69. The van der Waals surface area contributed by atoms with E-state index >= 15 is 0 Å². The maximum atomic E-state index is 13.2. The van der Waals surface area contributed by atoms with E-state index < -0.39 is 0 Å². The van der Waals surface area contributed by atoms with Crippen molar-refractivity contribution in [1.29, 1.82) is 5.26 Å². The van der Waals surface area contributed by atoms with E-state index in [9.17, 15) is 4.39 Å². The molecule has 0 aliphatic rings. The molecule has 3 nitrogen and oxygen atoms in total. The normalized spacial score (nSPS) is 10.1. The minimum Gasteiger partial charge on any atom is -0.384 e. The van der Waals surface area contributed by atoms with Gasteiger partial charge in [-0.3, -0.25) is 4.98 Å². The Morgan fingerprint density at radius 1 is 1.50 bits per heavy atom. The first-order chi connectivity index (χ1) is 7.76. The molecule has 0 aliphatic carbocycles. The molecule has 1 heterocycles. The summed E-state index contributed by atoms with van der Waals surface area (Å²) in [5.74, 6) is -0.330. The smallest absolute Gasteiger partial charge is 0.124 e. The molecule has 0 atom stereocenters. The van der Waals surface area contributed by atoms with Gasteiger partial charge in [-0.25, -0.2) is 4.39 Å². The van der Waals surface area contributed by atoms with E-state index in [1.807, 2.05) is 13.0 Å². The summed E-state index contributed by atoms with van der Waals surface area (Å²) < 4.78 is 13.2. The summed E-state index contributed by atoms with van der Waals surface area (Å²) in [6.07, 6.45) is 1.50. The minimum absolute atomic E-state index is 0.330. The molecule has 0 spiro atoms. The molecule has 16 heavy (non-hydrogen) atoms. The average Bonchev–Trinajstić information content (AvgIpc) is 2.30. The van der Waals surface area contributed by atoms with Gasteiger partial charge < -0.3 is 5.32 Å². The van der Waals surface area contributed by atoms with E-state index in [2.05, 4.69) is 10.3 Å². The molecular weight excluding hydrogens is 205 g/mol. The number of nitriles is 1. The number of fused-ring (bicyclic) bond motifs is 1. The first-order valence-electron chi connectivity index (χ1n) is 4.98. The summed E-state index contributed by atoms with van der Waals surface area (Å²) in [4.78, 5) is 4.11. The molecule has 2 aromatic rings. The summed E-state index contributed by atoms with van der Waals surface area (Å²) in [5, 5.41) is 12.7. The monoisotopic (exact) mass is 215 g/mol. The highest BCUT2D eigenvalue weighted by atomic mass is 19.1. The number of aromatic nitrogens is 1. The van der Waals surface area contributed by atoms with Crippen LogP contribution in [0.4, 0.5) is 10.1 Å². The van der Waals surface area contributed by atoms with E-state index in [-0.39, 0.29) is 5.82 Å². The second kappa shape index (κ2) is 4.15. The number of halogens is 1. The highest BCUT2D eigenvalue weighted by Gasteiger charge is 2.08. The molecule has 0 fully saturated rings. The van der Waals surface area contributed by atoms with E-state index in [4.69, 9.17) is 5.26 Å². The highest BCUT2D eigenvalue weighted by molar-refractivity contribution is 5.93. The topological polar surface area (TPSA) is 48.7 Å². The molecule has 1 N–H and O–H groups in total. The van der Waals surface area contributed by atoms with Crippen LogP contribution >= 0.6 is 0 Å². The van der Waals surface area contributed by atoms with Gasteiger partial charge >= 0.3 is 0 Å². The predicted molar refractivity (Wildman–Crippen MR) is 60.6 cm³/mol. The molecule has 0 bridgehead atoms. The van der Waals surface area contributed by atoms with Crippen LogP contribution in [0, 0.1) is 17.1 Å². The molecule has 0 aliphatic heterocycles. The van der Waals surface area contributed by atoms with Gasteiger partial charge in [-0.05, 0) is 25.1 Å². The first kappa shape index (κ1) is 10.4. The number of hydrogen-bond donors (Lipinski definition) is 1. The van der Waals surface area contributed by atoms with Gasteiger partial charge in [0.15, 0.2) is 0 Å². The van der Waals surface area contributed by atoms with Crippen LogP contribution in [0.25, 0.3) is 10.9 Å². The van der Waals surface area contributed by atoms with Crippen LogP contribution in [0.2, 0.25) is 0 Å². The van der Waals surface area contributed by atoms with Crippen molar-refractivity contribution < 1.29 is 4.39 Å². The van der Waals surface area contributed by atoms with Crippen molar-refractivity contribution in [2.45, 2.75) is 6.92 Å². The maximum absolute atomic E-state index is 13.2. The maximum Gasteiger partial charge on any atom is 0.124 e. The van der Waals surface area contributed by atoms with Gasteiger partial charge in [0, 0.05) is 18.1 Å². The number of nitrogens with zero attached hydrogens (tertiary/aromatic N) is 2. The molecule has 4 heteroatoms. The Morgan fingerprint density at radius 2 is 2.31 bits per heavy atom. The van der Waals surface area contributed by atoms with Gasteiger partial charge in [-0.15, -0.1) is 0 Å². The zero-order valence-electron chi connectivity index (χ0n) is 8.79. The van der Waals surface area contributed by atoms with Crippen LogP contribution in [0.1, 0.15) is 12.5 Å². The lowest BCUT2D eigenvalue weighted by atomic mass is 10.1. The third-order valence-corrected chi connectivity index (χ3v) is 2.30. The van der Waals surface area contributed by atoms with Gasteiger partial charge in [0.25, 0.3) is 0 Å². The molecular formula is C12H10FN3. The van der Waals surface area contributed by atoms with Gasteiger partial charge in [-0.2, -0.15) is 5.26 Å². The van der Waals surface area contributed by atoms with Crippen molar-refractivity contribution in [3.05, 3.63) is 35.8 Å². The molecule has 0 amide bonds. The van der Waals surface area contributed by atoms with Gasteiger partial charge in [-0.1, -0.05) is 0 Å². The summed E-state index contributed by atoms with van der Waals surface area (Å²) in [6, 6.07) is 6.40. The van der Waals surface area contributed by atoms with Gasteiger partial charge in [0.05, 0.1) is 16.8 Å². The zero-order chi connectivity index (χ0) is 11.5. The molecule has 1 aromatic carbocycles. The fourth-order valence-electron chi connectivity index (χ4n) is 1.62. The highest BCUT2D eigenvalue weighted by Crippen LogP contribution is 2.25. The van der Waals surface area contributed by atoms with E-state index in [1.54, 1.807) is 6.07 Å². The van der Waals surface area contributed by atoms with Crippen molar-refractivity contribution in [1.82, 2.24) is 4.98 Å². The van der Waals surface area contributed by atoms with Crippen LogP contribution in [0.15, 0.2) is 24.4 Å². The lowest BCUT2D eigenvalue weighted by molar-refractivity contribution is 0.629. The van der Waals surface area contributed by atoms with Crippen molar-refractivity contribution in [3.63, 3.8) is 0 Å². The Hall–Kier alpha value is -2.15. The fourth-order valence-corrected chi connectivity index (χ4v) is 1.62. The quantitative estimate of drug-likeness (QED) is 0.837. The Morgan fingerprint density at radius 3 is 3.00 bits per heavy atom. The number of anilines is 1. The molecule has 1 aromatic heterocycles. The molecule has 80 valence electrons. The zero-order valence-corrected chi connectivity index (χ0v) is 8.79. The standard InChI is InChI=1S/C12H10FN3/c1-2-15-12-8(6-14)7-16-11-4-3-9(13)5-10(11)12/h3-5,7H,2H2,1H3,(H,15,16). The van der Waals surface area contributed by atoms with Crippen molar-refractivity contribution in [2.24, 2.45) is 0 Å². The number of nitrogens with one attached hydrogen (secondary N) is 1. The van der Waals surface area contributed by atoms with Crippen molar-refractivity contribution in [2.75, 3.05) is 11.9 Å². The van der Waals surface area contributed by atoms with E-state index in [0.717, 1.165) is 0 Å². The number of pyridine rings is 1. The van der Waals surface area contributed by atoms with Crippen LogP contribution in [0.5, 0.6) is 0 Å². The molecule has 0 radical (unpaired) electrons.